The van der Waals surface area contributed by atoms with Gasteiger partial charge in [-0.1, -0.05) is 24.6 Å². The smallest absolute Gasteiger partial charge is 0.325 e. The predicted octanol–water partition coefficient (Wildman–Crippen LogP) is 4.30. The molecule has 1 aromatic carbocycles. The third kappa shape index (κ3) is 5.53. The van der Waals surface area contributed by atoms with E-state index in [2.05, 4.69) is 17.4 Å². The number of anilines is 1. The molecule has 2 N–H and O–H groups in total. The molecule has 2 fully saturated rings. The van der Waals surface area contributed by atoms with Gasteiger partial charge in [0.2, 0.25) is 0 Å². The van der Waals surface area contributed by atoms with Crippen LogP contribution in [0.1, 0.15) is 66.7 Å². The molecule has 3 aliphatic heterocycles. The summed E-state index contributed by atoms with van der Waals surface area (Å²) in [5.74, 6) is 0.239. The molecule has 2 atom stereocenters. The Kier molecular flexibility index (Phi) is 7.81. The van der Waals surface area contributed by atoms with Crippen molar-refractivity contribution in [2.75, 3.05) is 44.8 Å². The number of nitrogens with one attached hydrogen (secondary N) is 1. The number of aromatic nitrogens is 3. The molecule has 0 saturated carbocycles. The molecule has 3 aromatic rings. The van der Waals surface area contributed by atoms with Crippen LogP contribution < -0.4 is 5.32 Å². The van der Waals surface area contributed by atoms with E-state index in [0.29, 0.717) is 26.3 Å². The first-order valence-corrected chi connectivity index (χ1v) is 14.4. The maximum atomic E-state index is 12.4. The number of unbranched alkanes of at least 4 members (excludes halogenated alkanes) is 2. The average molecular weight is 534 g/mol. The summed E-state index contributed by atoms with van der Waals surface area (Å²) in [6.45, 7) is 6.34. The Bertz CT molecular complexity index is 1310. The number of hydrogen-bond donors (Lipinski definition) is 2. The molecule has 2 saturated heterocycles. The van der Waals surface area contributed by atoms with Gasteiger partial charge in [0, 0.05) is 43.9 Å². The zero-order chi connectivity index (χ0) is 26.8. The first-order chi connectivity index (χ1) is 19.1. The molecule has 0 bridgehead atoms. The minimum absolute atomic E-state index is 0.0823. The number of nitrogens with zero attached hydrogens (tertiary/aromatic N) is 4. The van der Waals surface area contributed by atoms with Crippen LogP contribution in [0.3, 0.4) is 0 Å². The van der Waals surface area contributed by atoms with Crippen molar-refractivity contribution in [3.05, 3.63) is 52.8 Å². The number of hydrogen-bond acceptors (Lipinski definition) is 7. The lowest BCUT2D eigenvalue weighted by Crippen LogP contribution is -2.55. The van der Waals surface area contributed by atoms with Crippen molar-refractivity contribution < 1.29 is 19.4 Å². The fourth-order valence-corrected chi connectivity index (χ4v) is 6.24. The van der Waals surface area contributed by atoms with E-state index < -0.39 is 12.0 Å². The second-order valence-corrected chi connectivity index (χ2v) is 11.1. The summed E-state index contributed by atoms with van der Waals surface area (Å²) in [5, 5.41) is 19.4. The molecular formula is C30H39N5O4. The van der Waals surface area contributed by atoms with E-state index in [-0.39, 0.29) is 12.1 Å². The Hall–Kier alpha value is -3.01. The Morgan fingerprint density at radius 2 is 2.13 bits per heavy atom. The molecule has 2 aromatic heterocycles. The molecule has 0 aliphatic carbocycles. The summed E-state index contributed by atoms with van der Waals surface area (Å²) in [7, 11) is 0. The number of carbonyl (C=O) groups is 1. The highest BCUT2D eigenvalue weighted by Crippen LogP contribution is 2.35. The van der Waals surface area contributed by atoms with Crippen LogP contribution in [0.5, 0.6) is 0 Å². The van der Waals surface area contributed by atoms with Crippen LogP contribution >= 0.6 is 0 Å². The number of carboxylic acids is 1. The van der Waals surface area contributed by atoms with Gasteiger partial charge in [-0.25, -0.2) is 4.98 Å². The fraction of sp³-hybridized carbons (Fsp3) is 0.567. The van der Waals surface area contributed by atoms with E-state index in [0.717, 1.165) is 85.3 Å². The summed E-state index contributed by atoms with van der Waals surface area (Å²) < 4.78 is 13.7. The van der Waals surface area contributed by atoms with Crippen molar-refractivity contribution in [3.63, 3.8) is 0 Å². The second kappa shape index (κ2) is 11.6. The molecule has 0 amide bonds. The summed E-state index contributed by atoms with van der Waals surface area (Å²) in [6, 6.07) is 9.81. The summed E-state index contributed by atoms with van der Waals surface area (Å²) in [5.41, 5.74) is 5.16. The number of aliphatic carboxylic acids is 1. The molecule has 9 nitrogen and oxygen atoms in total. The van der Waals surface area contributed by atoms with Gasteiger partial charge >= 0.3 is 5.97 Å². The van der Waals surface area contributed by atoms with E-state index in [1.165, 1.54) is 12.0 Å². The molecule has 208 valence electrons. The zero-order valence-corrected chi connectivity index (χ0v) is 22.8. The number of ether oxygens (including phenoxy) is 2. The first-order valence-electron chi connectivity index (χ1n) is 14.4. The van der Waals surface area contributed by atoms with Crippen LogP contribution in [0, 0.1) is 6.92 Å². The highest BCUT2D eigenvalue weighted by atomic mass is 16.5. The van der Waals surface area contributed by atoms with E-state index in [9.17, 15) is 9.90 Å². The topological polar surface area (TPSA) is 102 Å². The fourth-order valence-electron chi connectivity index (χ4n) is 6.24. The largest absolute Gasteiger partial charge is 0.480 e. The quantitative estimate of drug-likeness (QED) is 0.352. The zero-order valence-electron chi connectivity index (χ0n) is 22.8. The maximum Gasteiger partial charge on any atom is 0.325 e. The van der Waals surface area contributed by atoms with Crippen LogP contribution in [0.25, 0.3) is 10.9 Å². The maximum absolute atomic E-state index is 12.4. The lowest BCUT2D eigenvalue weighted by atomic mass is 9.96. The minimum atomic E-state index is -0.830. The normalized spacial score (nSPS) is 20.5. The van der Waals surface area contributed by atoms with Gasteiger partial charge in [0.05, 0.1) is 30.0 Å². The van der Waals surface area contributed by atoms with Gasteiger partial charge in [-0.05, 0) is 68.7 Å². The van der Waals surface area contributed by atoms with Crippen molar-refractivity contribution in [2.24, 2.45) is 0 Å². The lowest BCUT2D eigenvalue weighted by molar-refractivity contribution is -0.150. The lowest BCUT2D eigenvalue weighted by Gasteiger charge is -2.42. The van der Waals surface area contributed by atoms with E-state index in [1.54, 1.807) is 0 Å². The Balaban J connectivity index is 0.989. The number of likely N-dealkylation sites (tertiary alicyclic amines) is 1. The van der Waals surface area contributed by atoms with E-state index >= 15 is 0 Å². The molecule has 0 radical (unpaired) electrons. The van der Waals surface area contributed by atoms with Gasteiger partial charge in [0.15, 0.2) is 0 Å². The van der Waals surface area contributed by atoms with Crippen LogP contribution in [0.4, 0.5) is 5.82 Å². The number of benzene rings is 1. The van der Waals surface area contributed by atoms with Gasteiger partial charge in [-0.3, -0.25) is 14.4 Å². The highest BCUT2D eigenvalue weighted by molar-refractivity contribution is 5.90. The summed E-state index contributed by atoms with van der Waals surface area (Å²) in [6.07, 6.45) is 7.49. The molecule has 1 unspecified atom stereocenters. The SMILES string of the molecule is Cc1nn([C@H]2CCOC2)c2cccc(C(C(=O)O)N3CC(OCCCCCc4ccc5c(n4)NCCC5)C3)c12. The second-order valence-electron chi connectivity index (χ2n) is 11.1. The number of pyridine rings is 1. The molecule has 3 aliphatic rings. The Morgan fingerprint density at radius 1 is 1.23 bits per heavy atom. The van der Waals surface area contributed by atoms with Crippen molar-refractivity contribution in [3.8, 4) is 0 Å². The molecule has 39 heavy (non-hydrogen) atoms. The minimum Gasteiger partial charge on any atom is -0.480 e. The van der Waals surface area contributed by atoms with E-state index in [4.69, 9.17) is 19.6 Å². The van der Waals surface area contributed by atoms with E-state index in [1.807, 2.05) is 34.7 Å². The summed E-state index contributed by atoms with van der Waals surface area (Å²) >= 11 is 0. The van der Waals surface area contributed by atoms with Crippen LogP contribution in [0.2, 0.25) is 0 Å². The average Bonchev–Trinajstić information content (AvgIpc) is 3.57. The molecular weight excluding hydrogens is 494 g/mol. The predicted molar refractivity (Wildman–Crippen MR) is 149 cm³/mol. The Labute approximate surface area is 229 Å². The van der Waals surface area contributed by atoms with Crippen LogP contribution in [-0.4, -0.2) is 76.3 Å². The van der Waals surface area contributed by atoms with Crippen LogP contribution in [-0.2, 0) is 27.1 Å². The van der Waals surface area contributed by atoms with Crippen molar-refractivity contribution >= 4 is 22.7 Å². The van der Waals surface area contributed by atoms with Crippen molar-refractivity contribution in [2.45, 2.75) is 70.1 Å². The van der Waals surface area contributed by atoms with Gasteiger partial charge in [0.1, 0.15) is 11.9 Å². The van der Waals surface area contributed by atoms with Crippen molar-refractivity contribution in [1.82, 2.24) is 19.7 Å². The van der Waals surface area contributed by atoms with Crippen molar-refractivity contribution in [1.29, 1.82) is 0 Å². The molecule has 0 spiro atoms. The van der Waals surface area contributed by atoms with Gasteiger partial charge < -0.3 is 19.9 Å². The van der Waals surface area contributed by atoms with Gasteiger partial charge in [-0.2, -0.15) is 5.10 Å². The summed E-state index contributed by atoms with van der Waals surface area (Å²) in [4.78, 5) is 19.2. The third-order valence-electron chi connectivity index (χ3n) is 8.35. The number of rotatable bonds is 11. The Morgan fingerprint density at radius 3 is 2.95 bits per heavy atom. The highest BCUT2D eigenvalue weighted by Gasteiger charge is 2.39. The third-order valence-corrected chi connectivity index (χ3v) is 8.35. The standard InChI is InChI=1S/C30H39N5O4/c1-20-27-25(9-5-10-26(27)35(33-20)23-13-16-38-19-23)28(30(36)37)34-17-24(18-34)39-15-4-2-3-8-22-12-11-21-7-6-14-31-29(21)32-22/h5,9-12,23-24,28H,2-4,6-8,13-19H2,1H3,(H,31,32)(H,36,37)/t23-,28?/m0/s1. The monoisotopic (exact) mass is 533 g/mol. The van der Waals surface area contributed by atoms with Gasteiger partial charge in [-0.15, -0.1) is 0 Å². The first kappa shape index (κ1) is 26.2. The number of aryl methyl sites for hydroxylation is 3. The van der Waals surface area contributed by atoms with Gasteiger partial charge in [0.25, 0.3) is 0 Å². The number of carboxylic acid groups (broad SMARTS) is 1. The number of fused-ring (bicyclic) bond motifs is 2. The molecule has 6 rings (SSSR count). The molecule has 9 heteroatoms. The van der Waals surface area contributed by atoms with Crippen LogP contribution in [0.15, 0.2) is 30.3 Å². The molecule has 5 heterocycles.